The summed E-state index contributed by atoms with van der Waals surface area (Å²) in [5.41, 5.74) is 1.89. The molecule has 8 nitrogen and oxygen atoms in total. The largest absolute Gasteiger partial charge is 0.378 e. The van der Waals surface area contributed by atoms with E-state index in [9.17, 15) is 4.39 Å². The van der Waals surface area contributed by atoms with Gasteiger partial charge in [0.15, 0.2) is 5.82 Å². The predicted molar refractivity (Wildman–Crippen MR) is 95.2 cm³/mol. The van der Waals surface area contributed by atoms with E-state index in [1.165, 1.54) is 12.4 Å². The Kier molecular flexibility index (Phi) is 4.13. The van der Waals surface area contributed by atoms with Crippen LogP contribution in [0.5, 0.6) is 0 Å². The fourth-order valence-corrected chi connectivity index (χ4v) is 4.13. The molecule has 9 heteroatoms. The molecule has 142 valence electrons. The highest BCUT2D eigenvalue weighted by atomic mass is 19.1. The summed E-state index contributed by atoms with van der Waals surface area (Å²) in [4.78, 5) is 22.0. The van der Waals surface area contributed by atoms with E-state index >= 15 is 0 Å². The number of hydrogen-bond acceptors (Lipinski definition) is 8. The first-order valence-corrected chi connectivity index (χ1v) is 9.23. The molecule has 2 fully saturated rings. The number of rotatable bonds is 2. The monoisotopic (exact) mass is 372 g/mol. The molecule has 2 saturated heterocycles. The van der Waals surface area contributed by atoms with Gasteiger partial charge in [0.2, 0.25) is 11.9 Å². The van der Waals surface area contributed by atoms with Gasteiger partial charge in [-0.15, -0.1) is 0 Å². The van der Waals surface area contributed by atoms with Crippen molar-refractivity contribution in [3.63, 3.8) is 0 Å². The average Bonchev–Trinajstić information content (AvgIpc) is 3.14. The summed E-state index contributed by atoms with van der Waals surface area (Å²) in [6.07, 6.45) is 5.19. The summed E-state index contributed by atoms with van der Waals surface area (Å²) >= 11 is 0. The van der Waals surface area contributed by atoms with Crippen molar-refractivity contribution in [2.24, 2.45) is 0 Å². The van der Waals surface area contributed by atoms with Crippen LogP contribution in [0.1, 0.15) is 17.7 Å². The molecule has 0 aromatic carbocycles. The smallest absolute Gasteiger partial charge is 0.225 e. The van der Waals surface area contributed by atoms with Gasteiger partial charge in [0, 0.05) is 37.9 Å². The Hall–Kier alpha value is -2.39. The number of aromatic nitrogens is 4. The Balaban J connectivity index is 1.45. The van der Waals surface area contributed by atoms with Crippen LogP contribution >= 0.6 is 0 Å². The van der Waals surface area contributed by atoms with E-state index in [1.54, 1.807) is 0 Å². The summed E-state index contributed by atoms with van der Waals surface area (Å²) in [6.45, 7) is 5.63. The van der Waals surface area contributed by atoms with Crippen molar-refractivity contribution in [3.8, 4) is 0 Å². The Morgan fingerprint density at radius 2 is 1.70 bits per heavy atom. The molecule has 0 N–H and O–H groups in total. The molecule has 5 heterocycles. The molecule has 3 aliphatic rings. The highest BCUT2D eigenvalue weighted by molar-refractivity contribution is 5.43. The van der Waals surface area contributed by atoms with Gasteiger partial charge < -0.3 is 19.3 Å². The zero-order chi connectivity index (χ0) is 18.3. The summed E-state index contributed by atoms with van der Waals surface area (Å²) < 4.78 is 24.5. The van der Waals surface area contributed by atoms with Gasteiger partial charge in [-0.1, -0.05) is 0 Å². The third-order valence-corrected chi connectivity index (χ3v) is 5.53. The Morgan fingerprint density at radius 1 is 0.926 bits per heavy atom. The molecule has 1 unspecified atom stereocenters. The van der Waals surface area contributed by atoms with Gasteiger partial charge in [0.05, 0.1) is 49.9 Å². The van der Waals surface area contributed by atoms with Gasteiger partial charge in [-0.05, 0) is 6.42 Å². The van der Waals surface area contributed by atoms with Crippen LogP contribution in [0.15, 0.2) is 18.6 Å². The lowest BCUT2D eigenvalue weighted by atomic mass is 9.80. The van der Waals surface area contributed by atoms with Gasteiger partial charge in [0.25, 0.3) is 0 Å². The molecule has 3 aliphatic heterocycles. The average molecular weight is 372 g/mol. The van der Waals surface area contributed by atoms with Gasteiger partial charge in [-0.25, -0.2) is 24.3 Å². The molecule has 1 spiro atoms. The number of nitrogens with zero attached hydrogens (tertiary/aromatic N) is 6. The Morgan fingerprint density at radius 3 is 2.52 bits per heavy atom. The molecule has 0 bridgehead atoms. The second-order valence-electron chi connectivity index (χ2n) is 7.29. The zero-order valence-corrected chi connectivity index (χ0v) is 15.0. The minimum atomic E-state index is -0.429. The van der Waals surface area contributed by atoms with E-state index < -0.39 is 5.82 Å². The number of ether oxygens (including phenoxy) is 2. The van der Waals surface area contributed by atoms with E-state index in [4.69, 9.17) is 14.5 Å². The van der Waals surface area contributed by atoms with E-state index in [2.05, 4.69) is 24.8 Å². The van der Waals surface area contributed by atoms with Crippen LogP contribution in [0.4, 0.5) is 16.3 Å². The van der Waals surface area contributed by atoms with Crippen LogP contribution in [0.2, 0.25) is 0 Å². The summed E-state index contributed by atoms with van der Waals surface area (Å²) in [5.74, 6) is 0.875. The van der Waals surface area contributed by atoms with Crippen LogP contribution in [-0.2, 0) is 21.5 Å². The van der Waals surface area contributed by atoms with Crippen molar-refractivity contribution in [1.82, 2.24) is 19.9 Å². The predicted octanol–water partition coefficient (Wildman–Crippen LogP) is 0.921. The Bertz CT molecular complexity index is 829. The van der Waals surface area contributed by atoms with E-state index in [-0.39, 0.29) is 5.41 Å². The maximum absolute atomic E-state index is 13.1. The van der Waals surface area contributed by atoms with Crippen LogP contribution in [0, 0.1) is 5.82 Å². The lowest BCUT2D eigenvalue weighted by Gasteiger charge is -2.35. The molecular weight excluding hydrogens is 351 g/mol. The highest BCUT2D eigenvalue weighted by Crippen LogP contribution is 2.40. The maximum Gasteiger partial charge on any atom is 0.225 e. The molecule has 27 heavy (non-hydrogen) atoms. The van der Waals surface area contributed by atoms with Gasteiger partial charge >= 0.3 is 0 Å². The lowest BCUT2D eigenvalue weighted by Crippen LogP contribution is -2.42. The molecule has 1 atom stereocenters. The van der Waals surface area contributed by atoms with Crippen molar-refractivity contribution in [2.45, 2.75) is 18.4 Å². The van der Waals surface area contributed by atoms with E-state index in [0.29, 0.717) is 38.9 Å². The minimum Gasteiger partial charge on any atom is -0.378 e. The first-order chi connectivity index (χ1) is 13.2. The van der Waals surface area contributed by atoms with E-state index in [1.807, 2.05) is 6.20 Å². The van der Waals surface area contributed by atoms with Gasteiger partial charge in [-0.3, -0.25) is 0 Å². The maximum atomic E-state index is 13.1. The zero-order valence-electron chi connectivity index (χ0n) is 15.0. The van der Waals surface area contributed by atoms with Crippen molar-refractivity contribution < 1.29 is 13.9 Å². The quantitative estimate of drug-likeness (QED) is 0.770. The molecule has 0 aliphatic carbocycles. The molecule has 0 saturated carbocycles. The normalized spacial score (nSPS) is 25.1. The van der Waals surface area contributed by atoms with Crippen LogP contribution in [-0.4, -0.2) is 65.9 Å². The SMILES string of the molecule is Fc1cnc(N2CCC3(COCc4cnc(N5CCOCC5)nc43)C2)nc1. The fraction of sp³-hybridized carbons (Fsp3) is 0.556. The third-order valence-electron chi connectivity index (χ3n) is 5.53. The fourth-order valence-electron chi connectivity index (χ4n) is 4.13. The van der Waals surface area contributed by atoms with Crippen LogP contribution in [0.3, 0.4) is 0 Å². The Labute approximate surface area is 156 Å². The molecule has 2 aromatic heterocycles. The van der Waals surface area contributed by atoms with Crippen molar-refractivity contribution in [3.05, 3.63) is 35.7 Å². The van der Waals surface area contributed by atoms with Gasteiger partial charge in [-0.2, -0.15) is 0 Å². The standard InChI is InChI=1S/C18H21FN6O2/c19-14-8-21-16(22-9-14)25-2-1-18(11-25)12-27-10-13-7-20-17(23-15(13)18)24-3-5-26-6-4-24/h7-9H,1-6,10-12H2. The first kappa shape index (κ1) is 16.8. The minimum absolute atomic E-state index is 0.213. The topological polar surface area (TPSA) is 76.5 Å². The molecule has 2 aromatic rings. The molecule has 5 rings (SSSR count). The van der Waals surface area contributed by atoms with E-state index in [0.717, 1.165) is 43.3 Å². The summed E-state index contributed by atoms with van der Waals surface area (Å²) in [5, 5.41) is 0. The number of anilines is 2. The number of morpholine rings is 1. The summed E-state index contributed by atoms with van der Waals surface area (Å²) in [7, 11) is 0. The van der Waals surface area contributed by atoms with Crippen LogP contribution in [0.25, 0.3) is 0 Å². The molecular formula is C18H21FN6O2. The third kappa shape index (κ3) is 3.00. The summed E-state index contributed by atoms with van der Waals surface area (Å²) in [6, 6.07) is 0. The van der Waals surface area contributed by atoms with Crippen molar-refractivity contribution >= 4 is 11.9 Å². The van der Waals surface area contributed by atoms with Gasteiger partial charge in [0.1, 0.15) is 0 Å². The number of halogens is 1. The number of hydrogen-bond donors (Lipinski definition) is 0. The molecule has 0 amide bonds. The second kappa shape index (κ2) is 6.65. The lowest BCUT2D eigenvalue weighted by molar-refractivity contribution is 0.0555. The number of fused-ring (bicyclic) bond motifs is 2. The van der Waals surface area contributed by atoms with Crippen LogP contribution < -0.4 is 9.80 Å². The van der Waals surface area contributed by atoms with Crippen molar-refractivity contribution in [2.75, 3.05) is 55.8 Å². The van der Waals surface area contributed by atoms with Crippen molar-refractivity contribution in [1.29, 1.82) is 0 Å². The first-order valence-electron chi connectivity index (χ1n) is 9.23. The highest BCUT2D eigenvalue weighted by Gasteiger charge is 2.46. The molecule has 0 radical (unpaired) electrons. The second-order valence-corrected chi connectivity index (χ2v) is 7.29.